The van der Waals surface area contributed by atoms with E-state index in [-0.39, 0.29) is 0 Å². The van der Waals surface area contributed by atoms with E-state index in [1.807, 2.05) is 0 Å². The summed E-state index contributed by atoms with van der Waals surface area (Å²) in [5.41, 5.74) is 0. The fourth-order valence-corrected chi connectivity index (χ4v) is 13.8. The fourth-order valence-electron chi connectivity index (χ4n) is 2.59. The molecule has 0 aliphatic rings. The second kappa shape index (κ2) is 12.8. The van der Waals surface area contributed by atoms with Crippen molar-refractivity contribution in [1.82, 2.24) is 0 Å². The Morgan fingerprint density at radius 2 is 0.677 bits per heavy atom. The monoisotopic (exact) mass is 606 g/mol. The maximum atomic E-state index is 14.7. The van der Waals surface area contributed by atoms with E-state index in [9.17, 15) is 65.9 Å². The number of alkyl halides is 15. The first kappa shape index (κ1) is 30.7. The molecule has 0 radical (unpaired) electrons. The summed E-state index contributed by atoms with van der Waals surface area (Å²) in [7, 11) is 0. The average Bonchev–Trinajstić information content (AvgIpc) is 2.72. The van der Waals surface area contributed by atoms with E-state index in [2.05, 4.69) is 3.07 Å². The molecule has 0 rings (SSSR count). The molecular formula is C14H17F15OSn. The van der Waals surface area contributed by atoms with Crippen LogP contribution >= 0.6 is 0 Å². The predicted molar refractivity (Wildman–Crippen MR) is 79.5 cm³/mol. The molecule has 0 N–H and O–H groups in total. The third-order valence-electron chi connectivity index (χ3n) is 4.16. The van der Waals surface area contributed by atoms with Gasteiger partial charge in [0.15, 0.2) is 0 Å². The summed E-state index contributed by atoms with van der Waals surface area (Å²) in [5, 5.41) is 0. The van der Waals surface area contributed by atoms with Crippen molar-refractivity contribution in [3.63, 3.8) is 0 Å². The van der Waals surface area contributed by atoms with Crippen LogP contribution in [-0.2, 0) is 3.07 Å². The number of hydrogen-bond acceptors (Lipinski definition) is 1. The summed E-state index contributed by atoms with van der Waals surface area (Å²) >= 11 is -8.00. The zero-order valence-corrected chi connectivity index (χ0v) is 18.1. The Bertz CT molecular complexity index is 450. The van der Waals surface area contributed by atoms with Crippen LogP contribution in [0.3, 0.4) is 0 Å². The molecule has 1 nitrogen and oxygen atoms in total. The number of rotatable bonds is 14. The van der Waals surface area contributed by atoms with Gasteiger partial charge in [0.05, 0.1) is 0 Å². The van der Waals surface area contributed by atoms with Crippen LogP contribution in [-0.4, -0.2) is 94.3 Å². The standard InChI is InChI=1S/3C4H4F5.C2H5O.Sn/c3*5-1-2(6)3(7)4(8)9;1-2-3;/h3*1-4H;2H2,1H3;/q;;;-1;+1. The zero-order valence-electron chi connectivity index (χ0n) is 15.2. The van der Waals surface area contributed by atoms with Crippen molar-refractivity contribution in [3.05, 3.63) is 0 Å². The van der Waals surface area contributed by atoms with Gasteiger partial charge >= 0.3 is 170 Å². The van der Waals surface area contributed by atoms with E-state index in [0.29, 0.717) is 6.92 Å². The molecule has 0 bridgehead atoms. The van der Waals surface area contributed by atoms with Gasteiger partial charge in [-0.25, -0.2) is 0 Å². The van der Waals surface area contributed by atoms with Gasteiger partial charge in [-0.1, -0.05) is 0 Å². The van der Waals surface area contributed by atoms with E-state index in [1.54, 1.807) is 0 Å². The Morgan fingerprint density at radius 3 is 0.839 bits per heavy atom. The molecule has 9 unspecified atom stereocenters. The molecule has 0 saturated heterocycles. The zero-order chi connectivity index (χ0) is 24.8. The Morgan fingerprint density at radius 1 is 0.452 bits per heavy atom. The van der Waals surface area contributed by atoms with Crippen LogP contribution in [0.5, 0.6) is 0 Å². The molecule has 0 spiro atoms. The van der Waals surface area contributed by atoms with Gasteiger partial charge in [-0.15, -0.1) is 0 Å². The van der Waals surface area contributed by atoms with Crippen molar-refractivity contribution in [2.24, 2.45) is 0 Å². The predicted octanol–water partition coefficient (Wildman–Crippen LogP) is 5.42. The Hall–Kier alpha value is -0.291. The van der Waals surface area contributed by atoms with Gasteiger partial charge in [0.25, 0.3) is 0 Å². The van der Waals surface area contributed by atoms with Crippen molar-refractivity contribution >= 4 is 18.8 Å². The summed E-state index contributed by atoms with van der Waals surface area (Å²) in [6.07, 6.45) is -38.6. The van der Waals surface area contributed by atoms with E-state index < -0.39 is 94.3 Å². The van der Waals surface area contributed by atoms with Crippen LogP contribution < -0.4 is 0 Å². The molecular weight excluding hydrogens is 588 g/mol. The Kier molecular flexibility index (Phi) is 12.7. The van der Waals surface area contributed by atoms with E-state index in [0.717, 1.165) is 0 Å². The maximum absolute atomic E-state index is 14.7. The summed E-state index contributed by atoms with van der Waals surface area (Å²) < 4.78 is 191. The topological polar surface area (TPSA) is 9.23 Å². The van der Waals surface area contributed by atoms with Crippen molar-refractivity contribution in [2.45, 2.75) is 75.8 Å². The SMILES string of the molecule is CC[O][Sn]([CH](F)C(F)C(F)C(F)F)([CH](F)C(F)C(F)C(F)F)[CH](F)C(F)C(F)C(F)F. The Labute approximate surface area is 170 Å². The summed E-state index contributed by atoms with van der Waals surface area (Å²) in [6, 6.07) is 0. The molecule has 0 aliphatic carbocycles. The molecule has 0 aromatic carbocycles. The van der Waals surface area contributed by atoms with E-state index >= 15 is 0 Å². The molecule has 0 aliphatic heterocycles. The quantitative estimate of drug-likeness (QED) is 0.190. The van der Waals surface area contributed by atoms with Crippen molar-refractivity contribution in [1.29, 1.82) is 0 Å². The average molecular weight is 605 g/mol. The van der Waals surface area contributed by atoms with Crippen LogP contribution in [0.25, 0.3) is 0 Å². The molecule has 0 saturated carbocycles. The normalized spacial score (nSPS) is 23.7. The Balaban J connectivity index is 6.62. The number of hydrogen-bond donors (Lipinski definition) is 0. The van der Waals surface area contributed by atoms with Gasteiger partial charge in [-0.05, 0) is 0 Å². The van der Waals surface area contributed by atoms with Crippen LogP contribution in [0.15, 0.2) is 0 Å². The summed E-state index contributed by atoms with van der Waals surface area (Å²) in [5.74, 6) is 0. The van der Waals surface area contributed by atoms with Gasteiger partial charge in [0.1, 0.15) is 0 Å². The summed E-state index contributed by atoms with van der Waals surface area (Å²) in [6.45, 7) is -0.585. The molecule has 0 aromatic heterocycles. The number of halogens is 15. The van der Waals surface area contributed by atoms with Crippen LogP contribution in [0.1, 0.15) is 6.92 Å². The van der Waals surface area contributed by atoms with Crippen molar-refractivity contribution in [2.75, 3.05) is 6.61 Å². The summed E-state index contributed by atoms with van der Waals surface area (Å²) in [4.78, 5) is 0. The second-order valence-electron chi connectivity index (χ2n) is 6.16. The molecule has 0 aromatic rings. The van der Waals surface area contributed by atoms with Gasteiger partial charge in [-0.2, -0.15) is 0 Å². The van der Waals surface area contributed by atoms with Crippen LogP contribution in [0, 0.1) is 0 Å². The molecule has 0 fully saturated rings. The van der Waals surface area contributed by atoms with Gasteiger partial charge in [0, 0.05) is 0 Å². The first-order valence-corrected chi connectivity index (χ1v) is 14.4. The van der Waals surface area contributed by atoms with Crippen molar-refractivity contribution < 1.29 is 68.9 Å². The van der Waals surface area contributed by atoms with Gasteiger partial charge in [0.2, 0.25) is 0 Å². The molecule has 0 heterocycles. The first-order valence-electron chi connectivity index (χ1n) is 8.34. The van der Waals surface area contributed by atoms with E-state index in [4.69, 9.17) is 0 Å². The fraction of sp³-hybridized carbons (Fsp3) is 1.00. The molecule has 0 amide bonds. The third-order valence-corrected chi connectivity index (χ3v) is 16.5. The second-order valence-corrected chi connectivity index (χ2v) is 16.6. The first-order chi connectivity index (χ1) is 14.1. The molecule has 9 atom stereocenters. The molecule has 188 valence electrons. The molecule has 31 heavy (non-hydrogen) atoms. The van der Waals surface area contributed by atoms with Gasteiger partial charge in [-0.3, -0.25) is 0 Å². The molecule has 17 heteroatoms. The minimum atomic E-state index is -8.00. The van der Waals surface area contributed by atoms with Crippen molar-refractivity contribution in [3.8, 4) is 0 Å². The third kappa shape index (κ3) is 6.85. The van der Waals surface area contributed by atoms with Crippen LogP contribution in [0.4, 0.5) is 65.9 Å². The van der Waals surface area contributed by atoms with Crippen LogP contribution in [0.2, 0.25) is 0 Å². The van der Waals surface area contributed by atoms with Gasteiger partial charge < -0.3 is 0 Å². The minimum absolute atomic E-state index is 0.672. The van der Waals surface area contributed by atoms with E-state index in [1.165, 1.54) is 0 Å².